The fourth-order valence-corrected chi connectivity index (χ4v) is 6.54. The van der Waals surface area contributed by atoms with Crippen molar-refractivity contribution in [3.05, 3.63) is 0 Å². The van der Waals surface area contributed by atoms with Crippen LogP contribution in [0.15, 0.2) is 0 Å². The molecular formula is C18H29NO. The van der Waals surface area contributed by atoms with Crippen LogP contribution in [0.3, 0.4) is 0 Å². The van der Waals surface area contributed by atoms with E-state index in [2.05, 4.69) is 18.7 Å². The van der Waals surface area contributed by atoms with E-state index in [1.807, 2.05) is 0 Å². The van der Waals surface area contributed by atoms with Crippen molar-refractivity contribution in [3.63, 3.8) is 0 Å². The summed E-state index contributed by atoms with van der Waals surface area (Å²) in [7, 11) is 0. The monoisotopic (exact) mass is 275 g/mol. The highest BCUT2D eigenvalue weighted by molar-refractivity contribution is 5.81. The lowest BCUT2D eigenvalue weighted by Crippen LogP contribution is -2.64. The van der Waals surface area contributed by atoms with Crippen LogP contribution in [-0.4, -0.2) is 29.3 Å². The van der Waals surface area contributed by atoms with Crippen molar-refractivity contribution < 1.29 is 4.79 Å². The van der Waals surface area contributed by atoms with E-state index in [4.69, 9.17) is 0 Å². The Balaban J connectivity index is 1.64. The van der Waals surface area contributed by atoms with Gasteiger partial charge in [0.15, 0.2) is 0 Å². The Bertz CT molecular complexity index is 433. The van der Waals surface area contributed by atoms with Crippen LogP contribution in [0.25, 0.3) is 0 Å². The molecule has 0 spiro atoms. The standard InChI is InChI=1S/C18H29NO/c1-17-8-3-4-15(17)14-7-11-19-12-13(20)5-10-18(19,2)16(14)6-9-17/h14-16H,3-12H2,1-2H3/t14-,15-,16+,17-,18+/m0/s1. The molecule has 20 heavy (non-hydrogen) atoms. The molecule has 112 valence electrons. The zero-order valence-electron chi connectivity index (χ0n) is 13.2. The van der Waals surface area contributed by atoms with Crippen molar-refractivity contribution in [2.75, 3.05) is 13.1 Å². The third kappa shape index (κ3) is 1.70. The first-order valence-electron chi connectivity index (χ1n) is 8.80. The average molecular weight is 275 g/mol. The number of hydrogen-bond donors (Lipinski definition) is 0. The molecule has 0 unspecified atom stereocenters. The molecule has 0 aromatic rings. The van der Waals surface area contributed by atoms with Crippen molar-refractivity contribution >= 4 is 5.78 Å². The Morgan fingerprint density at radius 3 is 2.75 bits per heavy atom. The lowest BCUT2D eigenvalue weighted by Gasteiger charge is -2.60. The van der Waals surface area contributed by atoms with Gasteiger partial charge in [-0.3, -0.25) is 9.69 Å². The molecule has 2 heterocycles. The van der Waals surface area contributed by atoms with Crippen molar-refractivity contribution in [2.45, 2.75) is 70.8 Å². The first-order chi connectivity index (χ1) is 9.53. The molecule has 4 fully saturated rings. The molecule has 2 saturated heterocycles. The second kappa shape index (κ2) is 4.32. The Kier molecular flexibility index (Phi) is 2.87. The molecule has 0 N–H and O–H groups in total. The van der Waals surface area contributed by atoms with Crippen LogP contribution in [0.1, 0.15) is 65.2 Å². The van der Waals surface area contributed by atoms with Gasteiger partial charge < -0.3 is 0 Å². The van der Waals surface area contributed by atoms with Gasteiger partial charge in [0.25, 0.3) is 0 Å². The van der Waals surface area contributed by atoms with E-state index in [1.165, 1.54) is 45.1 Å². The van der Waals surface area contributed by atoms with Gasteiger partial charge >= 0.3 is 0 Å². The second-order valence-corrected chi connectivity index (χ2v) is 8.57. The molecule has 2 aliphatic heterocycles. The number of ketones is 1. The molecule has 0 aromatic carbocycles. The minimum atomic E-state index is 0.334. The number of carbonyl (C=O) groups is 1. The number of carbonyl (C=O) groups excluding carboxylic acids is 1. The fraction of sp³-hybridized carbons (Fsp3) is 0.944. The summed E-state index contributed by atoms with van der Waals surface area (Å²) >= 11 is 0. The van der Waals surface area contributed by atoms with E-state index < -0.39 is 0 Å². The molecule has 2 heteroatoms. The van der Waals surface area contributed by atoms with Crippen LogP contribution in [0.2, 0.25) is 0 Å². The number of piperidine rings is 2. The topological polar surface area (TPSA) is 20.3 Å². The van der Waals surface area contributed by atoms with E-state index >= 15 is 0 Å². The normalized spacial score (nSPS) is 52.3. The molecule has 4 aliphatic rings. The zero-order valence-corrected chi connectivity index (χ0v) is 13.2. The van der Waals surface area contributed by atoms with Gasteiger partial charge in [0, 0.05) is 12.0 Å². The summed E-state index contributed by atoms with van der Waals surface area (Å²) in [5.74, 6) is 3.27. The SMILES string of the molecule is C[C@@]12CCC[C@H]1[C@@H]1CCN3CC(=O)CC[C@]3(C)[C@@H]1CC2. The Morgan fingerprint density at radius 2 is 1.90 bits per heavy atom. The van der Waals surface area contributed by atoms with Crippen LogP contribution in [0, 0.1) is 23.2 Å². The molecule has 2 aliphatic carbocycles. The van der Waals surface area contributed by atoms with Crippen molar-refractivity contribution in [1.82, 2.24) is 4.90 Å². The molecule has 0 radical (unpaired) electrons. The fourth-order valence-electron chi connectivity index (χ4n) is 6.54. The quantitative estimate of drug-likeness (QED) is 0.672. The smallest absolute Gasteiger partial charge is 0.146 e. The van der Waals surface area contributed by atoms with Crippen LogP contribution < -0.4 is 0 Å². The maximum absolute atomic E-state index is 11.8. The summed E-state index contributed by atoms with van der Waals surface area (Å²) in [6, 6.07) is 0. The molecule has 0 aromatic heterocycles. The van der Waals surface area contributed by atoms with Gasteiger partial charge in [-0.2, -0.15) is 0 Å². The summed E-state index contributed by atoms with van der Waals surface area (Å²) < 4.78 is 0. The van der Waals surface area contributed by atoms with Gasteiger partial charge in [0.05, 0.1) is 6.54 Å². The highest BCUT2D eigenvalue weighted by Crippen LogP contribution is 2.61. The number of nitrogens with zero attached hydrogens (tertiary/aromatic N) is 1. The lowest BCUT2D eigenvalue weighted by atomic mass is 9.53. The third-order valence-electron chi connectivity index (χ3n) is 7.75. The first kappa shape index (κ1) is 13.3. The molecular weight excluding hydrogens is 246 g/mol. The van der Waals surface area contributed by atoms with E-state index in [0.717, 1.165) is 37.1 Å². The predicted molar refractivity (Wildman–Crippen MR) is 80.5 cm³/mol. The van der Waals surface area contributed by atoms with Crippen LogP contribution in [-0.2, 0) is 4.79 Å². The molecule has 4 rings (SSSR count). The summed E-state index contributed by atoms with van der Waals surface area (Å²) in [4.78, 5) is 14.4. The number of Topliss-reactive ketones (excluding diaryl/α,β-unsaturated/α-hetero) is 1. The van der Waals surface area contributed by atoms with Crippen molar-refractivity contribution in [2.24, 2.45) is 23.2 Å². The molecule has 2 nitrogen and oxygen atoms in total. The van der Waals surface area contributed by atoms with E-state index in [-0.39, 0.29) is 0 Å². The average Bonchev–Trinajstić information content (AvgIpc) is 2.81. The van der Waals surface area contributed by atoms with Gasteiger partial charge in [0.1, 0.15) is 5.78 Å². The predicted octanol–water partition coefficient (Wildman–Crippen LogP) is 3.65. The van der Waals surface area contributed by atoms with Crippen LogP contribution >= 0.6 is 0 Å². The minimum Gasteiger partial charge on any atom is -0.298 e. The Morgan fingerprint density at radius 1 is 1.05 bits per heavy atom. The molecule has 5 atom stereocenters. The van der Waals surface area contributed by atoms with Gasteiger partial charge in [-0.15, -0.1) is 0 Å². The number of fused-ring (bicyclic) bond motifs is 5. The van der Waals surface area contributed by atoms with Gasteiger partial charge in [-0.1, -0.05) is 13.3 Å². The molecule has 2 saturated carbocycles. The Hall–Kier alpha value is -0.370. The van der Waals surface area contributed by atoms with Crippen molar-refractivity contribution in [1.29, 1.82) is 0 Å². The van der Waals surface area contributed by atoms with Gasteiger partial charge in [0.2, 0.25) is 0 Å². The zero-order chi connectivity index (χ0) is 14.0. The lowest BCUT2D eigenvalue weighted by molar-refractivity contribution is -0.141. The summed E-state index contributed by atoms with van der Waals surface area (Å²) in [5, 5.41) is 0. The van der Waals surface area contributed by atoms with Crippen molar-refractivity contribution in [3.8, 4) is 0 Å². The van der Waals surface area contributed by atoms with E-state index in [1.54, 1.807) is 0 Å². The molecule has 0 bridgehead atoms. The molecule has 0 amide bonds. The summed E-state index contributed by atoms with van der Waals surface area (Å²) in [5.41, 5.74) is 0.991. The highest BCUT2D eigenvalue weighted by atomic mass is 16.1. The number of hydrogen-bond acceptors (Lipinski definition) is 2. The second-order valence-electron chi connectivity index (χ2n) is 8.57. The third-order valence-corrected chi connectivity index (χ3v) is 7.75. The largest absolute Gasteiger partial charge is 0.298 e. The Labute approximate surface area is 123 Å². The van der Waals surface area contributed by atoms with Crippen LogP contribution in [0.4, 0.5) is 0 Å². The minimum absolute atomic E-state index is 0.334. The van der Waals surface area contributed by atoms with Gasteiger partial charge in [-0.05, 0) is 75.2 Å². The maximum Gasteiger partial charge on any atom is 0.146 e. The summed E-state index contributed by atoms with van der Waals surface area (Å²) in [6.07, 6.45) is 10.6. The number of rotatable bonds is 0. The highest BCUT2D eigenvalue weighted by Gasteiger charge is 2.57. The first-order valence-corrected chi connectivity index (χ1v) is 8.80. The summed E-state index contributed by atoms with van der Waals surface area (Å²) in [6.45, 7) is 6.96. The van der Waals surface area contributed by atoms with Crippen LogP contribution in [0.5, 0.6) is 0 Å². The maximum atomic E-state index is 11.8. The van der Waals surface area contributed by atoms with Gasteiger partial charge in [-0.25, -0.2) is 0 Å². The van der Waals surface area contributed by atoms with E-state index in [0.29, 0.717) is 16.7 Å². The van der Waals surface area contributed by atoms with E-state index in [9.17, 15) is 4.79 Å².